The standard InChI is InChI=1S/C41H28N3OP/c45-46(31-21-9-3-10-22-31,32-23-11-4-12-24-32)38-35-27-15-13-25-33(35)37(34-26-14-16-28-36(34)38)41-43-39(29-17-5-1-6-18-29)42-40(44-41)30-19-7-2-8-20-30/h1-28H. The molecule has 4 nitrogen and oxygen atoms in total. The van der Waals surface area contributed by atoms with Crippen LogP contribution in [0, 0.1) is 0 Å². The minimum absolute atomic E-state index is 0.570. The molecular formula is C41H28N3OP. The van der Waals surface area contributed by atoms with E-state index in [0.717, 1.165) is 54.1 Å². The van der Waals surface area contributed by atoms with Crippen LogP contribution < -0.4 is 15.9 Å². The Morgan fingerprint density at radius 1 is 0.348 bits per heavy atom. The number of nitrogens with zero attached hydrogens (tertiary/aromatic N) is 3. The van der Waals surface area contributed by atoms with E-state index in [2.05, 4.69) is 24.3 Å². The van der Waals surface area contributed by atoms with Crippen molar-refractivity contribution in [1.82, 2.24) is 15.0 Å². The largest absolute Gasteiger partial charge is 0.309 e. The lowest BCUT2D eigenvalue weighted by Crippen LogP contribution is -2.26. The summed E-state index contributed by atoms with van der Waals surface area (Å²) in [4.78, 5) is 15.2. The van der Waals surface area contributed by atoms with E-state index < -0.39 is 7.14 Å². The van der Waals surface area contributed by atoms with Crippen molar-refractivity contribution < 1.29 is 4.57 Å². The molecule has 8 rings (SSSR count). The first-order valence-corrected chi connectivity index (χ1v) is 16.9. The molecule has 0 bridgehead atoms. The van der Waals surface area contributed by atoms with E-state index in [0.29, 0.717) is 17.5 Å². The van der Waals surface area contributed by atoms with Crippen LogP contribution >= 0.6 is 7.14 Å². The van der Waals surface area contributed by atoms with Crippen LogP contribution in [0.1, 0.15) is 0 Å². The molecule has 218 valence electrons. The molecule has 0 fully saturated rings. The van der Waals surface area contributed by atoms with Crippen molar-refractivity contribution >= 4 is 44.6 Å². The summed E-state index contributed by atoms with van der Waals surface area (Å²) in [7, 11) is -3.35. The number of hydrogen-bond acceptors (Lipinski definition) is 4. The van der Waals surface area contributed by atoms with Crippen molar-refractivity contribution in [2.75, 3.05) is 0 Å². The van der Waals surface area contributed by atoms with Gasteiger partial charge in [-0.05, 0) is 21.5 Å². The van der Waals surface area contributed by atoms with Gasteiger partial charge in [0.15, 0.2) is 24.6 Å². The van der Waals surface area contributed by atoms with Gasteiger partial charge >= 0.3 is 0 Å². The smallest absolute Gasteiger partial charge is 0.172 e. The molecule has 7 aromatic carbocycles. The van der Waals surface area contributed by atoms with E-state index in [1.807, 2.05) is 146 Å². The first-order valence-electron chi connectivity index (χ1n) is 15.2. The van der Waals surface area contributed by atoms with Crippen molar-refractivity contribution in [3.05, 3.63) is 170 Å². The summed E-state index contributed by atoms with van der Waals surface area (Å²) in [5.74, 6) is 1.77. The van der Waals surface area contributed by atoms with Gasteiger partial charge in [0.25, 0.3) is 0 Å². The quantitative estimate of drug-likeness (QED) is 0.140. The van der Waals surface area contributed by atoms with Gasteiger partial charge in [0.05, 0.1) is 0 Å². The van der Waals surface area contributed by atoms with E-state index >= 15 is 4.57 Å². The van der Waals surface area contributed by atoms with Gasteiger partial charge in [-0.3, -0.25) is 0 Å². The highest BCUT2D eigenvalue weighted by molar-refractivity contribution is 7.86. The lowest BCUT2D eigenvalue weighted by atomic mass is 9.96. The normalized spacial score (nSPS) is 11.6. The van der Waals surface area contributed by atoms with E-state index in [-0.39, 0.29) is 0 Å². The third kappa shape index (κ3) is 4.72. The molecule has 0 radical (unpaired) electrons. The molecule has 0 amide bonds. The molecule has 8 aromatic rings. The fourth-order valence-electron chi connectivity index (χ4n) is 6.29. The van der Waals surface area contributed by atoms with Gasteiger partial charge in [0.1, 0.15) is 0 Å². The van der Waals surface area contributed by atoms with Crippen molar-refractivity contribution in [3.8, 4) is 34.2 Å². The predicted molar refractivity (Wildman–Crippen MR) is 191 cm³/mol. The van der Waals surface area contributed by atoms with Gasteiger partial charge < -0.3 is 4.57 Å². The molecule has 0 saturated heterocycles. The van der Waals surface area contributed by atoms with E-state index in [1.54, 1.807) is 0 Å². The Balaban J connectivity index is 1.50. The highest BCUT2D eigenvalue weighted by Gasteiger charge is 2.34. The second kappa shape index (κ2) is 11.7. The third-order valence-electron chi connectivity index (χ3n) is 8.38. The second-order valence-corrected chi connectivity index (χ2v) is 13.8. The molecule has 0 saturated carbocycles. The number of benzene rings is 7. The van der Waals surface area contributed by atoms with Crippen LogP contribution in [0.2, 0.25) is 0 Å². The molecule has 1 aromatic heterocycles. The lowest BCUT2D eigenvalue weighted by molar-refractivity contribution is 0.593. The molecule has 0 aliphatic carbocycles. The van der Waals surface area contributed by atoms with Gasteiger partial charge in [0, 0.05) is 32.6 Å². The molecule has 0 spiro atoms. The zero-order chi connectivity index (χ0) is 30.9. The Bertz CT molecular complexity index is 2220. The average Bonchev–Trinajstić information content (AvgIpc) is 3.14. The Hall–Kier alpha value is -5.70. The Morgan fingerprint density at radius 3 is 1.09 bits per heavy atom. The molecule has 5 heteroatoms. The number of hydrogen-bond donors (Lipinski definition) is 0. The Morgan fingerprint density at radius 2 is 0.674 bits per heavy atom. The van der Waals surface area contributed by atoms with Crippen LogP contribution in [0.4, 0.5) is 0 Å². The molecule has 46 heavy (non-hydrogen) atoms. The zero-order valence-electron chi connectivity index (χ0n) is 24.9. The maximum Gasteiger partial charge on any atom is 0.172 e. The van der Waals surface area contributed by atoms with Gasteiger partial charge in [-0.25, -0.2) is 15.0 Å². The van der Waals surface area contributed by atoms with Crippen molar-refractivity contribution in [1.29, 1.82) is 0 Å². The van der Waals surface area contributed by atoms with Crippen LogP contribution in [-0.2, 0) is 4.57 Å². The Kier molecular flexibility index (Phi) is 7.05. The minimum atomic E-state index is -3.35. The summed E-state index contributed by atoms with van der Waals surface area (Å²) < 4.78 is 15.9. The summed E-state index contributed by atoms with van der Waals surface area (Å²) >= 11 is 0. The summed E-state index contributed by atoms with van der Waals surface area (Å²) in [5.41, 5.74) is 2.71. The summed E-state index contributed by atoms with van der Waals surface area (Å²) in [6.07, 6.45) is 0. The average molecular weight is 610 g/mol. The van der Waals surface area contributed by atoms with Crippen LogP contribution in [-0.4, -0.2) is 15.0 Å². The molecule has 1 heterocycles. The van der Waals surface area contributed by atoms with E-state index in [9.17, 15) is 0 Å². The highest BCUT2D eigenvalue weighted by atomic mass is 31.2. The topological polar surface area (TPSA) is 55.7 Å². The predicted octanol–water partition coefficient (Wildman–Crippen LogP) is 8.82. The maximum atomic E-state index is 15.9. The summed E-state index contributed by atoms with van der Waals surface area (Å²) in [6, 6.07) is 56.1. The van der Waals surface area contributed by atoms with Crippen LogP contribution in [0.25, 0.3) is 55.7 Å². The van der Waals surface area contributed by atoms with Crippen LogP contribution in [0.3, 0.4) is 0 Å². The maximum absolute atomic E-state index is 15.9. The molecule has 0 N–H and O–H groups in total. The van der Waals surface area contributed by atoms with E-state index in [4.69, 9.17) is 15.0 Å². The molecule has 0 atom stereocenters. The second-order valence-electron chi connectivity index (χ2n) is 11.1. The first-order chi connectivity index (χ1) is 22.7. The summed E-state index contributed by atoms with van der Waals surface area (Å²) in [6.45, 7) is 0. The third-order valence-corrected chi connectivity index (χ3v) is 11.5. The minimum Gasteiger partial charge on any atom is -0.309 e. The van der Waals surface area contributed by atoms with Crippen LogP contribution in [0.5, 0.6) is 0 Å². The van der Waals surface area contributed by atoms with E-state index in [1.165, 1.54) is 0 Å². The highest BCUT2D eigenvalue weighted by Crippen LogP contribution is 2.48. The fourth-order valence-corrected chi connectivity index (χ4v) is 9.36. The van der Waals surface area contributed by atoms with Crippen LogP contribution in [0.15, 0.2) is 170 Å². The zero-order valence-corrected chi connectivity index (χ0v) is 25.8. The van der Waals surface area contributed by atoms with Gasteiger partial charge in [-0.2, -0.15) is 0 Å². The lowest BCUT2D eigenvalue weighted by Gasteiger charge is -2.25. The SMILES string of the molecule is O=P(c1ccccc1)(c1ccccc1)c1c2ccccc2c(-c2nc(-c3ccccc3)nc(-c3ccccc3)n2)c2ccccc12. The Labute approximate surface area is 267 Å². The van der Waals surface area contributed by atoms with Gasteiger partial charge in [-0.15, -0.1) is 0 Å². The van der Waals surface area contributed by atoms with Crippen molar-refractivity contribution in [2.45, 2.75) is 0 Å². The number of aromatic nitrogens is 3. The monoisotopic (exact) mass is 609 g/mol. The summed E-state index contributed by atoms with van der Waals surface area (Å²) in [5, 5.41) is 6.11. The molecule has 0 aliphatic rings. The fraction of sp³-hybridized carbons (Fsp3) is 0. The number of rotatable bonds is 6. The molecule has 0 aliphatic heterocycles. The van der Waals surface area contributed by atoms with Gasteiger partial charge in [0.2, 0.25) is 0 Å². The van der Waals surface area contributed by atoms with Crippen molar-refractivity contribution in [3.63, 3.8) is 0 Å². The molecule has 0 unspecified atom stereocenters. The number of fused-ring (bicyclic) bond motifs is 2. The first kappa shape index (κ1) is 27.8. The van der Waals surface area contributed by atoms with Crippen molar-refractivity contribution in [2.24, 2.45) is 0 Å². The molecular weight excluding hydrogens is 581 g/mol. The van der Waals surface area contributed by atoms with Gasteiger partial charge in [-0.1, -0.05) is 170 Å².